The molecule has 0 fully saturated rings. The number of hydrogen-bond donors (Lipinski definition) is 4. The summed E-state index contributed by atoms with van der Waals surface area (Å²) in [5, 5.41) is 12.1. The van der Waals surface area contributed by atoms with Crippen LogP contribution in [0.1, 0.15) is 102 Å². The van der Waals surface area contributed by atoms with Crippen molar-refractivity contribution in [2.45, 2.75) is 99.7 Å². The van der Waals surface area contributed by atoms with Crippen LogP contribution in [0.4, 0.5) is 0 Å². The van der Waals surface area contributed by atoms with Gasteiger partial charge in [0.2, 0.25) is 11.8 Å². The van der Waals surface area contributed by atoms with Crippen LogP contribution < -0.4 is 21.3 Å². The summed E-state index contributed by atoms with van der Waals surface area (Å²) in [5.41, 5.74) is 0.927. The number of carbonyl (C=O) groups is 4. The van der Waals surface area contributed by atoms with Gasteiger partial charge in [0.05, 0.1) is 6.04 Å². The van der Waals surface area contributed by atoms with Gasteiger partial charge in [-0.25, -0.2) is 0 Å². The Bertz CT molecular complexity index is 973. The van der Waals surface area contributed by atoms with Gasteiger partial charge in [-0.15, -0.1) is 0 Å². The largest absolute Gasteiger partial charge is 0.354 e. The molecule has 4 N–H and O–H groups in total. The van der Waals surface area contributed by atoms with Crippen LogP contribution in [0.25, 0.3) is 0 Å². The lowest BCUT2D eigenvalue weighted by molar-refractivity contribution is -0.131. The number of rotatable bonds is 18. The second kappa shape index (κ2) is 18.5. The molecule has 9 nitrogen and oxygen atoms in total. The van der Waals surface area contributed by atoms with Gasteiger partial charge in [-0.2, -0.15) is 0 Å². The molecular formula is C32H55N5O4. The van der Waals surface area contributed by atoms with E-state index < -0.39 is 12.1 Å². The summed E-state index contributed by atoms with van der Waals surface area (Å²) < 4.78 is 0. The van der Waals surface area contributed by atoms with Gasteiger partial charge in [-0.05, 0) is 62.1 Å². The summed E-state index contributed by atoms with van der Waals surface area (Å²) in [4.78, 5) is 53.7. The maximum Gasteiger partial charge on any atom is 0.253 e. The summed E-state index contributed by atoms with van der Waals surface area (Å²) in [5.74, 6) is -0.225. The van der Waals surface area contributed by atoms with E-state index in [-0.39, 0.29) is 35.6 Å². The van der Waals surface area contributed by atoms with Gasteiger partial charge in [0.25, 0.3) is 11.8 Å². The van der Waals surface area contributed by atoms with Gasteiger partial charge in [-0.1, -0.05) is 61.5 Å². The predicted molar refractivity (Wildman–Crippen MR) is 166 cm³/mol. The third kappa shape index (κ3) is 13.1. The monoisotopic (exact) mass is 573 g/mol. The lowest BCUT2D eigenvalue weighted by Crippen LogP contribution is -2.55. The fourth-order valence-electron chi connectivity index (χ4n) is 4.50. The maximum atomic E-state index is 13.2. The van der Waals surface area contributed by atoms with Crippen LogP contribution in [0.5, 0.6) is 0 Å². The molecule has 0 radical (unpaired) electrons. The average Bonchev–Trinajstić information content (AvgIpc) is 2.91. The standard InChI is InChI=1S/C32H55N5O4/c1-10-15-37(16-11-2)32(41)26-14-12-13-25(18-26)30(39)35-27(17-21(3)4)20-33-24(9)29(38)36-28(23(7)8)31(40)34-19-22(5)6/h12-14,18,21-24,27-28,33H,10-11,15-17,19-20H2,1-9H3,(H,34,40)(H,35,39)(H,36,38)/t24-,27?,28-/m0/s1. The van der Waals surface area contributed by atoms with E-state index in [1.54, 1.807) is 31.2 Å². The van der Waals surface area contributed by atoms with Gasteiger partial charge >= 0.3 is 0 Å². The van der Waals surface area contributed by atoms with Crippen molar-refractivity contribution in [1.29, 1.82) is 0 Å². The molecule has 4 amide bonds. The minimum atomic E-state index is -0.628. The summed E-state index contributed by atoms with van der Waals surface area (Å²) >= 11 is 0. The molecule has 0 bridgehead atoms. The second-order valence-corrected chi connectivity index (χ2v) is 12.2. The average molecular weight is 574 g/mol. The quantitative estimate of drug-likeness (QED) is 0.212. The molecule has 1 aromatic carbocycles. The van der Waals surface area contributed by atoms with E-state index >= 15 is 0 Å². The molecule has 0 spiro atoms. The Morgan fingerprint density at radius 3 is 1.93 bits per heavy atom. The van der Waals surface area contributed by atoms with E-state index in [1.165, 1.54) is 0 Å². The van der Waals surface area contributed by atoms with E-state index in [2.05, 4.69) is 35.1 Å². The van der Waals surface area contributed by atoms with Crippen molar-refractivity contribution >= 4 is 23.6 Å². The van der Waals surface area contributed by atoms with Gasteiger partial charge in [-0.3, -0.25) is 19.2 Å². The Balaban J connectivity index is 2.88. The smallest absolute Gasteiger partial charge is 0.253 e. The van der Waals surface area contributed by atoms with E-state index in [9.17, 15) is 19.2 Å². The number of nitrogens with zero attached hydrogens (tertiary/aromatic N) is 1. The molecule has 0 aliphatic carbocycles. The molecule has 3 atom stereocenters. The number of benzene rings is 1. The minimum absolute atomic E-state index is 0.0649. The van der Waals surface area contributed by atoms with Crippen LogP contribution in [-0.2, 0) is 9.59 Å². The highest BCUT2D eigenvalue weighted by Gasteiger charge is 2.27. The molecule has 1 aromatic rings. The molecule has 0 aliphatic rings. The first-order valence-electron chi connectivity index (χ1n) is 15.3. The molecule has 0 heterocycles. The zero-order chi connectivity index (χ0) is 31.1. The maximum absolute atomic E-state index is 13.2. The van der Waals surface area contributed by atoms with Crippen molar-refractivity contribution in [2.75, 3.05) is 26.2 Å². The highest BCUT2D eigenvalue weighted by Crippen LogP contribution is 2.12. The van der Waals surface area contributed by atoms with Crippen molar-refractivity contribution < 1.29 is 19.2 Å². The zero-order valence-electron chi connectivity index (χ0n) is 26.8. The minimum Gasteiger partial charge on any atom is -0.354 e. The van der Waals surface area contributed by atoms with Gasteiger partial charge in [0.15, 0.2) is 0 Å². The van der Waals surface area contributed by atoms with E-state index in [0.717, 1.165) is 12.8 Å². The molecule has 0 aromatic heterocycles. The molecule has 1 rings (SSSR count). The number of amides is 4. The van der Waals surface area contributed by atoms with E-state index in [1.807, 2.05) is 46.4 Å². The Kier molecular flexibility index (Phi) is 16.3. The van der Waals surface area contributed by atoms with Gasteiger partial charge in [0, 0.05) is 43.3 Å². The zero-order valence-corrected chi connectivity index (χ0v) is 26.8. The fourth-order valence-corrected chi connectivity index (χ4v) is 4.50. The molecule has 41 heavy (non-hydrogen) atoms. The van der Waals surface area contributed by atoms with Crippen molar-refractivity contribution in [3.8, 4) is 0 Å². The van der Waals surface area contributed by atoms with Crippen molar-refractivity contribution in [3.63, 3.8) is 0 Å². The van der Waals surface area contributed by atoms with Crippen LogP contribution in [0, 0.1) is 17.8 Å². The van der Waals surface area contributed by atoms with E-state index in [4.69, 9.17) is 0 Å². The molecule has 1 unspecified atom stereocenters. The Labute approximate surface area is 248 Å². The Morgan fingerprint density at radius 1 is 0.780 bits per heavy atom. The van der Waals surface area contributed by atoms with Gasteiger partial charge in [0.1, 0.15) is 6.04 Å². The molecule has 9 heteroatoms. The first-order chi connectivity index (χ1) is 19.3. The first kappa shape index (κ1) is 36.1. The van der Waals surface area contributed by atoms with Crippen LogP contribution >= 0.6 is 0 Å². The Morgan fingerprint density at radius 2 is 1.39 bits per heavy atom. The lowest BCUT2D eigenvalue weighted by atomic mass is 10.0. The SMILES string of the molecule is CCCN(CCC)C(=O)c1cccc(C(=O)NC(CN[C@@H](C)C(=O)N[C@H](C(=O)NCC(C)C)C(C)C)CC(C)C)c1. The highest BCUT2D eigenvalue weighted by molar-refractivity contribution is 5.99. The van der Waals surface area contributed by atoms with Crippen LogP contribution in [0.15, 0.2) is 24.3 Å². The molecule has 0 saturated heterocycles. The summed E-state index contributed by atoms with van der Waals surface area (Å²) in [6, 6.07) is 5.43. The Hall–Kier alpha value is -2.94. The van der Waals surface area contributed by atoms with Gasteiger partial charge < -0.3 is 26.2 Å². The second-order valence-electron chi connectivity index (χ2n) is 12.2. The third-order valence-corrected chi connectivity index (χ3v) is 6.73. The molecule has 0 saturated carbocycles. The lowest BCUT2D eigenvalue weighted by Gasteiger charge is -2.26. The summed E-state index contributed by atoms with van der Waals surface area (Å²) in [6.45, 7) is 20.1. The molecule has 0 aliphatic heterocycles. The van der Waals surface area contributed by atoms with Crippen LogP contribution in [0.3, 0.4) is 0 Å². The third-order valence-electron chi connectivity index (χ3n) is 6.73. The molecular weight excluding hydrogens is 518 g/mol. The van der Waals surface area contributed by atoms with Crippen molar-refractivity contribution in [1.82, 2.24) is 26.2 Å². The van der Waals surface area contributed by atoms with Crippen LogP contribution in [0.2, 0.25) is 0 Å². The fraction of sp³-hybridized carbons (Fsp3) is 0.688. The van der Waals surface area contributed by atoms with Crippen LogP contribution in [-0.4, -0.2) is 72.8 Å². The normalized spacial score (nSPS) is 13.6. The first-order valence-corrected chi connectivity index (χ1v) is 15.3. The number of hydrogen-bond acceptors (Lipinski definition) is 5. The van der Waals surface area contributed by atoms with E-state index in [0.29, 0.717) is 55.6 Å². The number of nitrogens with one attached hydrogen (secondary N) is 4. The summed E-state index contributed by atoms with van der Waals surface area (Å²) in [6.07, 6.45) is 2.45. The number of carbonyl (C=O) groups excluding carboxylic acids is 4. The van der Waals surface area contributed by atoms with Crippen molar-refractivity contribution in [2.24, 2.45) is 17.8 Å². The predicted octanol–water partition coefficient (Wildman–Crippen LogP) is 3.98. The molecule has 232 valence electrons. The summed E-state index contributed by atoms with van der Waals surface area (Å²) in [7, 11) is 0. The highest BCUT2D eigenvalue weighted by atomic mass is 16.2. The van der Waals surface area contributed by atoms with Crippen molar-refractivity contribution in [3.05, 3.63) is 35.4 Å². The topological polar surface area (TPSA) is 120 Å².